The Balaban J connectivity index is 1.86. The van der Waals surface area contributed by atoms with E-state index >= 15 is 0 Å². The molecule has 0 aromatic heterocycles. The second-order valence-corrected chi connectivity index (χ2v) is 8.90. The van der Waals surface area contributed by atoms with Crippen LogP contribution in [0.2, 0.25) is 0 Å². The molecule has 2 heteroatoms. The summed E-state index contributed by atoms with van der Waals surface area (Å²) in [5.74, 6) is -0.177. The summed E-state index contributed by atoms with van der Waals surface area (Å²) >= 11 is 0. The molecule has 1 aliphatic carbocycles. The standard InChI is InChI=1S/C30H24O2/c1-17-9-18(2)12-21(11-17)22-15-26(23-13-19(3)10-20(4)14-23)28-27(16-22)29(31)24-7-5-6-8-25(24)30(28)32/h5-16H,1-4H3. The van der Waals surface area contributed by atoms with Gasteiger partial charge in [0.1, 0.15) is 0 Å². The molecule has 5 rings (SSSR count). The van der Waals surface area contributed by atoms with Crippen molar-refractivity contribution < 1.29 is 9.59 Å². The maximum absolute atomic E-state index is 13.6. The van der Waals surface area contributed by atoms with Crippen LogP contribution < -0.4 is 0 Å². The first kappa shape index (κ1) is 20.1. The van der Waals surface area contributed by atoms with Crippen LogP contribution in [-0.2, 0) is 0 Å². The summed E-state index contributed by atoms with van der Waals surface area (Å²) in [7, 11) is 0. The molecule has 0 amide bonds. The van der Waals surface area contributed by atoms with E-state index in [2.05, 4.69) is 70.2 Å². The summed E-state index contributed by atoms with van der Waals surface area (Å²) in [5, 5.41) is 0. The first-order valence-electron chi connectivity index (χ1n) is 10.9. The van der Waals surface area contributed by atoms with Crippen molar-refractivity contribution in [2.75, 3.05) is 0 Å². The van der Waals surface area contributed by atoms with Gasteiger partial charge in [-0.15, -0.1) is 0 Å². The van der Waals surface area contributed by atoms with E-state index in [1.807, 2.05) is 18.2 Å². The Bertz CT molecular complexity index is 1400. The highest BCUT2D eigenvalue weighted by atomic mass is 16.1. The topological polar surface area (TPSA) is 34.1 Å². The predicted molar refractivity (Wildman–Crippen MR) is 130 cm³/mol. The lowest BCUT2D eigenvalue weighted by molar-refractivity contribution is 0.0979. The van der Waals surface area contributed by atoms with Crippen molar-refractivity contribution in [1.29, 1.82) is 0 Å². The lowest BCUT2D eigenvalue weighted by atomic mass is 9.78. The van der Waals surface area contributed by atoms with Gasteiger partial charge in [0.05, 0.1) is 0 Å². The summed E-state index contributed by atoms with van der Waals surface area (Å²) in [6.45, 7) is 8.26. The lowest BCUT2D eigenvalue weighted by Gasteiger charge is -2.22. The molecule has 1 aliphatic rings. The molecule has 0 fully saturated rings. The van der Waals surface area contributed by atoms with Gasteiger partial charge in [0.25, 0.3) is 0 Å². The van der Waals surface area contributed by atoms with Crippen LogP contribution in [0.5, 0.6) is 0 Å². The van der Waals surface area contributed by atoms with Crippen LogP contribution in [0.25, 0.3) is 22.3 Å². The van der Waals surface area contributed by atoms with E-state index in [9.17, 15) is 9.59 Å². The quantitative estimate of drug-likeness (QED) is 0.310. The largest absolute Gasteiger partial charge is 0.289 e. The van der Waals surface area contributed by atoms with E-state index in [0.717, 1.165) is 33.4 Å². The van der Waals surface area contributed by atoms with Crippen molar-refractivity contribution >= 4 is 11.6 Å². The SMILES string of the molecule is Cc1cc(C)cc(-c2cc3c(c(-c4cc(C)cc(C)c4)c2)C(=O)c2ccccc2C3=O)c1. The molecule has 4 aromatic rings. The summed E-state index contributed by atoms with van der Waals surface area (Å²) < 4.78 is 0. The fourth-order valence-electron chi connectivity index (χ4n) is 4.89. The van der Waals surface area contributed by atoms with Crippen molar-refractivity contribution in [2.45, 2.75) is 27.7 Å². The van der Waals surface area contributed by atoms with E-state index in [1.54, 1.807) is 12.1 Å². The first-order valence-corrected chi connectivity index (χ1v) is 10.9. The van der Waals surface area contributed by atoms with Crippen LogP contribution >= 0.6 is 0 Å². The van der Waals surface area contributed by atoms with E-state index in [4.69, 9.17) is 0 Å². The molecule has 0 N–H and O–H groups in total. The number of hydrogen-bond donors (Lipinski definition) is 0. The normalized spacial score (nSPS) is 12.5. The van der Waals surface area contributed by atoms with Crippen LogP contribution in [0.1, 0.15) is 54.1 Å². The number of rotatable bonds is 2. The van der Waals surface area contributed by atoms with Gasteiger partial charge in [-0.25, -0.2) is 0 Å². The highest BCUT2D eigenvalue weighted by molar-refractivity contribution is 6.30. The highest BCUT2D eigenvalue weighted by Crippen LogP contribution is 2.39. The molecule has 0 radical (unpaired) electrons. The third-order valence-corrected chi connectivity index (χ3v) is 6.11. The van der Waals surface area contributed by atoms with Crippen LogP contribution in [0, 0.1) is 27.7 Å². The van der Waals surface area contributed by atoms with Crippen molar-refractivity contribution in [3.8, 4) is 22.3 Å². The van der Waals surface area contributed by atoms with E-state index in [1.165, 1.54) is 11.1 Å². The molecule has 0 unspecified atom stereocenters. The number of fused-ring (bicyclic) bond motifs is 2. The Labute approximate surface area is 188 Å². The zero-order chi connectivity index (χ0) is 22.6. The average molecular weight is 417 g/mol. The van der Waals surface area contributed by atoms with Crippen LogP contribution in [0.4, 0.5) is 0 Å². The van der Waals surface area contributed by atoms with Crippen molar-refractivity contribution in [2.24, 2.45) is 0 Å². The Hall–Kier alpha value is -3.78. The van der Waals surface area contributed by atoms with E-state index < -0.39 is 0 Å². The van der Waals surface area contributed by atoms with Gasteiger partial charge in [0.2, 0.25) is 0 Å². The van der Waals surface area contributed by atoms with Crippen molar-refractivity contribution in [1.82, 2.24) is 0 Å². The van der Waals surface area contributed by atoms with Gasteiger partial charge in [-0.2, -0.15) is 0 Å². The van der Waals surface area contributed by atoms with Gasteiger partial charge in [-0.1, -0.05) is 82.9 Å². The molecule has 0 saturated carbocycles. The number of benzene rings is 4. The average Bonchev–Trinajstić information content (AvgIpc) is 2.75. The third-order valence-electron chi connectivity index (χ3n) is 6.11. The molecular formula is C30H24O2. The van der Waals surface area contributed by atoms with Gasteiger partial charge in [0, 0.05) is 22.3 Å². The van der Waals surface area contributed by atoms with Gasteiger partial charge < -0.3 is 0 Å². The fraction of sp³-hybridized carbons (Fsp3) is 0.133. The van der Waals surface area contributed by atoms with Gasteiger partial charge in [-0.3, -0.25) is 9.59 Å². The molecule has 2 nitrogen and oxygen atoms in total. The van der Waals surface area contributed by atoms with E-state index in [0.29, 0.717) is 22.3 Å². The Morgan fingerprint density at radius 3 is 1.44 bits per heavy atom. The Morgan fingerprint density at radius 2 is 0.875 bits per heavy atom. The predicted octanol–water partition coefficient (Wildman–Crippen LogP) is 7.03. The molecule has 0 atom stereocenters. The molecule has 0 bridgehead atoms. The molecular weight excluding hydrogens is 392 g/mol. The minimum Gasteiger partial charge on any atom is -0.289 e. The molecule has 32 heavy (non-hydrogen) atoms. The molecule has 0 saturated heterocycles. The molecule has 0 aliphatic heterocycles. The van der Waals surface area contributed by atoms with Crippen LogP contribution in [0.15, 0.2) is 72.8 Å². The van der Waals surface area contributed by atoms with Gasteiger partial charge in [-0.05, 0) is 62.1 Å². The maximum Gasteiger partial charge on any atom is 0.195 e. The van der Waals surface area contributed by atoms with E-state index in [-0.39, 0.29) is 11.6 Å². The lowest BCUT2D eigenvalue weighted by Crippen LogP contribution is -2.22. The maximum atomic E-state index is 13.6. The first-order chi connectivity index (χ1) is 15.3. The monoisotopic (exact) mass is 416 g/mol. The summed E-state index contributed by atoms with van der Waals surface area (Å²) in [6.07, 6.45) is 0. The minimum absolute atomic E-state index is 0.0867. The zero-order valence-electron chi connectivity index (χ0n) is 18.7. The van der Waals surface area contributed by atoms with Crippen LogP contribution in [-0.4, -0.2) is 11.6 Å². The third kappa shape index (κ3) is 3.29. The molecule has 0 spiro atoms. The number of carbonyl (C=O) groups excluding carboxylic acids is 2. The Kier molecular flexibility index (Phi) is 4.67. The number of hydrogen-bond acceptors (Lipinski definition) is 2. The smallest absolute Gasteiger partial charge is 0.195 e. The second-order valence-electron chi connectivity index (χ2n) is 8.90. The molecule has 156 valence electrons. The summed E-state index contributed by atoms with van der Waals surface area (Å²) in [5.41, 5.74) is 10.3. The Morgan fingerprint density at radius 1 is 0.438 bits per heavy atom. The molecule has 0 heterocycles. The van der Waals surface area contributed by atoms with Gasteiger partial charge in [0.15, 0.2) is 11.6 Å². The number of carbonyl (C=O) groups is 2. The minimum atomic E-state index is -0.0907. The summed E-state index contributed by atoms with van der Waals surface area (Å²) in [6, 6.07) is 23.8. The zero-order valence-corrected chi connectivity index (χ0v) is 18.7. The van der Waals surface area contributed by atoms with Crippen molar-refractivity contribution in [3.05, 3.63) is 117 Å². The second kappa shape index (κ2) is 7.42. The fourth-order valence-corrected chi connectivity index (χ4v) is 4.89. The summed E-state index contributed by atoms with van der Waals surface area (Å²) in [4.78, 5) is 27.2. The number of ketones is 2. The van der Waals surface area contributed by atoms with Gasteiger partial charge >= 0.3 is 0 Å². The van der Waals surface area contributed by atoms with Crippen molar-refractivity contribution in [3.63, 3.8) is 0 Å². The number of aryl methyl sites for hydroxylation is 4. The molecule has 4 aromatic carbocycles. The van der Waals surface area contributed by atoms with Crippen LogP contribution in [0.3, 0.4) is 0 Å². The highest BCUT2D eigenvalue weighted by Gasteiger charge is 2.32.